The van der Waals surface area contributed by atoms with Crippen LogP contribution in [0, 0.1) is 0 Å². The summed E-state index contributed by atoms with van der Waals surface area (Å²) in [6.45, 7) is 5.05. The molecule has 0 aliphatic carbocycles. The van der Waals surface area contributed by atoms with E-state index < -0.39 is 0 Å². The highest BCUT2D eigenvalue weighted by Gasteiger charge is 2.04. The largest absolute Gasteiger partial charge is 0.497 e. The van der Waals surface area contributed by atoms with Crippen LogP contribution >= 0.6 is 24.0 Å². The molecular formula is C16H27IN4O3. The van der Waals surface area contributed by atoms with Crippen LogP contribution in [0.2, 0.25) is 0 Å². The SMILES string of the molecule is CCOCCNC(=NC)NCCNC(=O)c1ccc(OC)cc1.I. The second-order valence-electron chi connectivity index (χ2n) is 4.61. The zero-order chi connectivity index (χ0) is 16.9. The van der Waals surface area contributed by atoms with Crippen molar-refractivity contribution < 1.29 is 14.3 Å². The number of methoxy groups -OCH3 is 1. The van der Waals surface area contributed by atoms with Crippen LogP contribution in [0.5, 0.6) is 5.75 Å². The number of hydrogen-bond acceptors (Lipinski definition) is 4. The van der Waals surface area contributed by atoms with Gasteiger partial charge in [0.25, 0.3) is 5.91 Å². The lowest BCUT2D eigenvalue weighted by molar-refractivity contribution is 0.0954. The van der Waals surface area contributed by atoms with Gasteiger partial charge in [-0.05, 0) is 31.2 Å². The minimum Gasteiger partial charge on any atom is -0.497 e. The molecule has 1 rings (SSSR count). The van der Waals surface area contributed by atoms with E-state index in [0.717, 1.165) is 5.75 Å². The molecule has 8 heteroatoms. The Balaban J connectivity index is 0.00000529. The lowest BCUT2D eigenvalue weighted by Gasteiger charge is -2.12. The van der Waals surface area contributed by atoms with Crippen molar-refractivity contribution >= 4 is 35.8 Å². The fourth-order valence-electron chi connectivity index (χ4n) is 1.81. The fraction of sp³-hybridized carbons (Fsp3) is 0.500. The predicted molar refractivity (Wildman–Crippen MR) is 107 cm³/mol. The molecule has 1 aromatic carbocycles. The van der Waals surface area contributed by atoms with Crippen LogP contribution < -0.4 is 20.7 Å². The minimum absolute atomic E-state index is 0. The van der Waals surface area contributed by atoms with Gasteiger partial charge in [0.15, 0.2) is 5.96 Å². The van der Waals surface area contributed by atoms with Crippen molar-refractivity contribution in [2.45, 2.75) is 6.92 Å². The molecule has 0 unspecified atom stereocenters. The highest BCUT2D eigenvalue weighted by Crippen LogP contribution is 2.10. The van der Waals surface area contributed by atoms with Crippen molar-refractivity contribution in [1.29, 1.82) is 0 Å². The van der Waals surface area contributed by atoms with Gasteiger partial charge in [0, 0.05) is 38.9 Å². The molecule has 0 saturated carbocycles. The van der Waals surface area contributed by atoms with Crippen LogP contribution in [0.3, 0.4) is 0 Å². The molecule has 7 nitrogen and oxygen atoms in total. The highest BCUT2D eigenvalue weighted by molar-refractivity contribution is 14.0. The van der Waals surface area contributed by atoms with Gasteiger partial charge >= 0.3 is 0 Å². The van der Waals surface area contributed by atoms with Gasteiger partial charge in [0.1, 0.15) is 5.75 Å². The number of nitrogens with zero attached hydrogens (tertiary/aromatic N) is 1. The van der Waals surface area contributed by atoms with E-state index in [0.29, 0.717) is 44.4 Å². The van der Waals surface area contributed by atoms with Crippen molar-refractivity contribution in [1.82, 2.24) is 16.0 Å². The Morgan fingerprint density at radius 3 is 2.29 bits per heavy atom. The summed E-state index contributed by atoms with van der Waals surface area (Å²) in [6.07, 6.45) is 0. The summed E-state index contributed by atoms with van der Waals surface area (Å²) in [5.41, 5.74) is 0.602. The van der Waals surface area contributed by atoms with E-state index in [1.54, 1.807) is 38.4 Å². The Kier molecular flexibility index (Phi) is 13.0. The van der Waals surface area contributed by atoms with Gasteiger partial charge in [-0.25, -0.2) is 0 Å². The summed E-state index contributed by atoms with van der Waals surface area (Å²) < 4.78 is 10.3. The number of benzene rings is 1. The Bertz CT molecular complexity index is 495. The summed E-state index contributed by atoms with van der Waals surface area (Å²) in [5, 5.41) is 9.09. The molecular weight excluding hydrogens is 423 g/mol. The first-order valence-electron chi connectivity index (χ1n) is 7.65. The van der Waals surface area contributed by atoms with E-state index in [1.165, 1.54) is 0 Å². The smallest absolute Gasteiger partial charge is 0.251 e. The van der Waals surface area contributed by atoms with Gasteiger partial charge in [0.05, 0.1) is 13.7 Å². The lowest BCUT2D eigenvalue weighted by atomic mass is 10.2. The third-order valence-corrected chi connectivity index (χ3v) is 3.02. The fourth-order valence-corrected chi connectivity index (χ4v) is 1.81. The van der Waals surface area contributed by atoms with E-state index in [9.17, 15) is 4.79 Å². The molecule has 0 aromatic heterocycles. The Morgan fingerprint density at radius 2 is 1.71 bits per heavy atom. The molecule has 0 aliphatic rings. The van der Waals surface area contributed by atoms with Crippen LogP contribution in [0.25, 0.3) is 0 Å². The molecule has 24 heavy (non-hydrogen) atoms. The van der Waals surface area contributed by atoms with Gasteiger partial charge in [-0.1, -0.05) is 0 Å². The van der Waals surface area contributed by atoms with Crippen molar-refractivity contribution in [3.05, 3.63) is 29.8 Å². The normalized spacial score (nSPS) is 10.5. The summed E-state index contributed by atoms with van der Waals surface area (Å²) >= 11 is 0. The molecule has 0 spiro atoms. The number of nitrogens with one attached hydrogen (secondary N) is 3. The van der Waals surface area contributed by atoms with Crippen LogP contribution in [0.4, 0.5) is 0 Å². The monoisotopic (exact) mass is 450 g/mol. The number of hydrogen-bond donors (Lipinski definition) is 3. The average Bonchev–Trinajstić information content (AvgIpc) is 2.60. The summed E-state index contributed by atoms with van der Waals surface area (Å²) in [7, 11) is 3.29. The molecule has 1 aromatic rings. The Labute approximate surface area is 160 Å². The maximum Gasteiger partial charge on any atom is 0.251 e. The van der Waals surface area contributed by atoms with Gasteiger partial charge in [0.2, 0.25) is 0 Å². The quantitative estimate of drug-likeness (QED) is 0.228. The lowest BCUT2D eigenvalue weighted by Crippen LogP contribution is -2.42. The van der Waals surface area contributed by atoms with Crippen LogP contribution in [-0.4, -0.2) is 58.9 Å². The zero-order valence-electron chi connectivity index (χ0n) is 14.4. The molecule has 0 aliphatic heterocycles. The summed E-state index contributed by atoms with van der Waals surface area (Å²) in [4.78, 5) is 16.1. The predicted octanol–water partition coefficient (Wildman–Crippen LogP) is 1.24. The van der Waals surface area contributed by atoms with E-state index in [1.807, 2.05) is 6.92 Å². The molecule has 0 fully saturated rings. The molecule has 1 amide bonds. The van der Waals surface area contributed by atoms with Gasteiger partial charge in [-0.15, -0.1) is 24.0 Å². The number of carbonyl (C=O) groups excluding carboxylic acids is 1. The molecule has 0 radical (unpaired) electrons. The number of carbonyl (C=O) groups is 1. The number of halogens is 1. The minimum atomic E-state index is -0.117. The number of ether oxygens (including phenoxy) is 2. The Morgan fingerprint density at radius 1 is 1.08 bits per heavy atom. The first kappa shape index (κ1) is 22.4. The topological polar surface area (TPSA) is 84.0 Å². The summed E-state index contributed by atoms with van der Waals surface area (Å²) in [5.74, 6) is 1.29. The second-order valence-corrected chi connectivity index (χ2v) is 4.61. The van der Waals surface area contributed by atoms with E-state index in [2.05, 4.69) is 20.9 Å². The number of aliphatic imine (C=N–C) groups is 1. The van der Waals surface area contributed by atoms with Crippen molar-refractivity contribution in [2.24, 2.45) is 4.99 Å². The molecule has 0 bridgehead atoms. The third kappa shape index (κ3) is 8.92. The molecule has 0 saturated heterocycles. The summed E-state index contributed by atoms with van der Waals surface area (Å²) in [6, 6.07) is 6.99. The van der Waals surface area contributed by atoms with Crippen LogP contribution in [-0.2, 0) is 4.74 Å². The number of rotatable bonds is 9. The molecule has 0 heterocycles. The number of amides is 1. The van der Waals surface area contributed by atoms with E-state index in [4.69, 9.17) is 9.47 Å². The third-order valence-electron chi connectivity index (χ3n) is 3.02. The standard InChI is InChI=1S/C16H26N4O3.HI/c1-4-23-12-11-20-16(17-2)19-10-9-18-15(21)13-5-7-14(22-3)8-6-13;/h5-8H,4,9-12H2,1-3H3,(H,18,21)(H2,17,19,20);1H. The van der Waals surface area contributed by atoms with Crippen molar-refractivity contribution in [2.75, 3.05) is 47.0 Å². The maximum atomic E-state index is 12.0. The molecule has 0 atom stereocenters. The average molecular weight is 450 g/mol. The Hall–Kier alpha value is -1.55. The second kappa shape index (κ2) is 13.8. The van der Waals surface area contributed by atoms with Crippen LogP contribution in [0.15, 0.2) is 29.3 Å². The van der Waals surface area contributed by atoms with E-state index in [-0.39, 0.29) is 29.9 Å². The van der Waals surface area contributed by atoms with Crippen molar-refractivity contribution in [3.8, 4) is 5.75 Å². The van der Waals surface area contributed by atoms with E-state index >= 15 is 0 Å². The van der Waals surface area contributed by atoms with Gasteiger partial charge in [-0.2, -0.15) is 0 Å². The van der Waals surface area contributed by atoms with Crippen LogP contribution in [0.1, 0.15) is 17.3 Å². The van der Waals surface area contributed by atoms with Gasteiger partial charge < -0.3 is 25.4 Å². The molecule has 136 valence electrons. The zero-order valence-corrected chi connectivity index (χ0v) is 16.8. The van der Waals surface area contributed by atoms with Crippen molar-refractivity contribution in [3.63, 3.8) is 0 Å². The molecule has 3 N–H and O–H groups in total. The first-order chi connectivity index (χ1) is 11.2. The maximum absolute atomic E-state index is 12.0. The first-order valence-corrected chi connectivity index (χ1v) is 7.65. The van der Waals surface area contributed by atoms with Gasteiger partial charge in [-0.3, -0.25) is 9.79 Å². The highest BCUT2D eigenvalue weighted by atomic mass is 127. The number of guanidine groups is 1.